The van der Waals surface area contributed by atoms with Gasteiger partial charge in [-0.2, -0.15) is 5.10 Å². The van der Waals surface area contributed by atoms with Gasteiger partial charge < -0.3 is 4.74 Å². The van der Waals surface area contributed by atoms with E-state index in [0.717, 1.165) is 11.6 Å². The summed E-state index contributed by atoms with van der Waals surface area (Å²) in [6.07, 6.45) is 2.83. The topological polar surface area (TPSA) is 52.3 Å². The van der Waals surface area contributed by atoms with Gasteiger partial charge in [0.05, 0.1) is 6.54 Å². The van der Waals surface area contributed by atoms with E-state index in [1.807, 2.05) is 30.3 Å². The third-order valence-electron chi connectivity index (χ3n) is 5.39. The van der Waals surface area contributed by atoms with Gasteiger partial charge in [-0.3, -0.25) is 4.68 Å². The first-order valence-electron chi connectivity index (χ1n) is 9.90. The Morgan fingerprint density at radius 3 is 2.47 bits per heavy atom. The van der Waals surface area contributed by atoms with Crippen molar-refractivity contribution < 1.29 is 17.9 Å². The first kappa shape index (κ1) is 20.0. The molecule has 160 valence electrons. The fourth-order valence-electron chi connectivity index (χ4n) is 3.85. The highest BCUT2D eigenvalue weighted by Crippen LogP contribution is 2.36. The molecule has 3 aromatic carbocycles. The van der Waals surface area contributed by atoms with E-state index in [2.05, 4.69) is 15.1 Å². The van der Waals surface area contributed by atoms with Crippen LogP contribution in [0.5, 0.6) is 0 Å². The second kappa shape index (κ2) is 7.96. The van der Waals surface area contributed by atoms with Gasteiger partial charge in [-0.05, 0) is 23.8 Å². The summed E-state index contributed by atoms with van der Waals surface area (Å²) in [5, 5.41) is 4.08. The van der Waals surface area contributed by atoms with Crippen LogP contribution in [0.1, 0.15) is 11.1 Å². The molecule has 0 fully saturated rings. The first-order valence-corrected chi connectivity index (χ1v) is 9.90. The van der Waals surface area contributed by atoms with Gasteiger partial charge in [0.1, 0.15) is 42.3 Å². The molecule has 0 saturated heterocycles. The zero-order valence-corrected chi connectivity index (χ0v) is 16.8. The lowest BCUT2D eigenvalue weighted by molar-refractivity contribution is 0.225. The van der Waals surface area contributed by atoms with E-state index in [1.165, 1.54) is 35.5 Å². The van der Waals surface area contributed by atoms with Gasteiger partial charge in [0, 0.05) is 22.8 Å². The third-order valence-corrected chi connectivity index (χ3v) is 5.39. The average Bonchev–Trinajstić information content (AvgIpc) is 3.45. The van der Waals surface area contributed by atoms with Crippen LogP contribution < -0.4 is 0 Å². The molecule has 0 saturated carbocycles. The molecular weight excluding hydrogens is 417 g/mol. The number of nitrogens with zero attached hydrogens (tertiary/aromatic N) is 4. The molecule has 1 aliphatic rings. The Morgan fingerprint density at radius 1 is 0.906 bits per heavy atom. The van der Waals surface area contributed by atoms with Crippen LogP contribution in [0.15, 0.2) is 84.4 Å². The maximum atomic E-state index is 14.9. The predicted molar refractivity (Wildman–Crippen MR) is 112 cm³/mol. The predicted octanol–water partition coefficient (Wildman–Crippen LogP) is 4.73. The third kappa shape index (κ3) is 3.64. The van der Waals surface area contributed by atoms with Crippen molar-refractivity contribution in [3.05, 3.63) is 108 Å². The molecule has 5 nitrogen and oxygen atoms in total. The van der Waals surface area contributed by atoms with Crippen molar-refractivity contribution in [1.29, 1.82) is 0 Å². The molecule has 32 heavy (non-hydrogen) atoms. The van der Waals surface area contributed by atoms with E-state index in [-0.39, 0.29) is 24.6 Å². The standard InChI is InChI=1S/C24H17F3N4O/c25-18-7-9-20(22(27)11-18)24(12-31-15-28-14-29-31)13-32-23(30-24)17-6-8-19(21(26)10-17)16-4-2-1-3-5-16/h1-11,14-15H,12-13H2. The zero-order chi connectivity index (χ0) is 22.1. The monoisotopic (exact) mass is 434 g/mol. The fraction of sp³-hybridized carbons (Fsp3) is 0.125. The molecule has 0 N–H and O–H groups in total. The Labute approximate surface area is 181 Å². The van der Waals surface area contributed by atoms with E-state index in [9.17, 15) is 13.2 Å². The van der Waals surface area contributed by atoms with Crippen LogP contribution >= 0.6 is 0 Å². The molecule has 0 amide bonds. The molecular formula is C24H17F3N4O. The van der Waals surface area contributed by atoms with E-state index in [0.29, 0.717) is 11.1 Å². The summed E-state index contributed by atoms with van der Waals surface area (Å²) >= 11 is 0. The Bertz CT molecular complexity index is 1290. The van der Waals surface area contributed by atoms with Gasteiger partial charge >= 0.3 is 0 Å². The fourth-order valence-corrected chi connectivity index (χ4v) is 3.85. The number of benzene rings is 3. The maximum Gasteiger partial charge on any atom is 0.217 e. The number of aliphatic imine (C=N–C) groups is 1. The smallest absolute Gasteiger partial charge is 0.217 e. The van der Waals surface area contributed by atoms with Crippen LogP contribution in [-0.2, 0) is 16.8 Å². The van der Waals surface area contributed by atoms with Gasteiger partial charge in [0.2, 0.25) is 5.90 Å². The number of hydrogen-bond acceptors (Lipinski definition) is 4. The van der Waals surface area contributed by atoms with E-state index >= 15 is 0 Å². The van der Waals surface area contributed by atoms with Crippen LogP contribution in [0.3, 0.4) is 0 Å². The normalized spacial score (nSPS) is 17.8. The SMILES string of the molecule is Fc1ccc(C2(Cn3cncn3)COC(c3ccc(-c4ccccc4)c(F)c3)=N2)c(F)c1. The Balaban J connectivity index is 1.56. The summed E-state index contributed by atoms with van der Waals surface area (Å²) in [5.41, 5.74) is 0.567. The highest BCUT2D eigenvalue weighted by atomic mass is 19.1. The summed E-state index contributed by atoms with van der Waals surface area (Å²) in [4.78, 5) is 8.56. The average molecular weight is 434 g/mol. The summed E-state index contributed by atoms with van der Waals surface area (Å²) in [6, 6.07) is 17.2. The molecule has 2 heterocycles. The molecule has 8 heteroatoms. The van der Waals surface area contributed by atoms with Gasteiger partial charge in [-0.15, -0.1) is 0 Å². The second-order valence-electron chi connectivity index (χ2n) is 7.52. The second-order valence-corrected chi connectivity index (χ2v) is 7.52. The zero-order valence-electron chi connectivity index (χ0n) is 16.8. The number of halogens is 3. The minimum atomic E-state index is -1.21. The minimum Gasteiger partial charge on any atom is -0.474 e. The molecule has 0 aliphatic carbocycles. The minimum absolute atomic E-state index is 0.0210. The van der Waals surface area contributed by atoms with Crippen molar-refractivity contribution in [2.45, 2.75) is 12.1 Å². The Hall–Kier alpha value is -3.94. The first-order chi connectivity index (χ1) is 15.5. The molecule has 4 aromatic rings. The van der Waals surface area contributed by atoms with Crippen molar-refractivity contribution in [1.82, 2.24) is 14.8 Å². The Kier molecular flexibility index (Phi) is 4.97. The lowest BCUT2D eigenvalue weighted by Gasteiger charge is -2.24. The van der Waals surface area contributed by atoms with Gasteiger partial charge in [-0.25, -0.2) is 23.1 Å². The highest BCUT2D eigenvalue weighted by molar-refractivity contribution is 5.96. The number of rotatable bonds is 5. The van der Waals surface area contributed by atoms with Gasteiger partial charge in [0.25, 0.3) is 0 Å². The van der Waals surface area contributed by atoms with E-state index in [1.54, 1.807) is 12.1 Å². The van der Waals surface area contributed by atoms with E-state index < -0.39 is 23.0 Å². The summed E-state index contributed by atoms with van der Waals surface area (Å²) < 4.78 is 50.5. The molecule has 1 aliphatic heterocycles. The van der Waals surface area contributed by atoms with Crippen LogP contribution in [0, 0.1) is 17.5 Å². The van der Waals surface area contributed by atoms with Crippen molar-refractivity contribution in [2.75, 3.05) is 6.61 Å². The van der Waals surface area contributed by atoms with Gasteiger partial charge in [-0.1, -0.05) is 42.5 Å². The van der Waals surface area contributed by atoms with Crippen LogP contribution in [0.25, 0.3) is 11.1 Å². The summed E-state index contributed by atoms with van der Waals surface area (Å²) in [6.45, 7) is 0.0937. The summed E-state index contributed by atoms with van der Waals surface area (Å²) in [5.74, 6) is -1.69. The molecule has 1 atom stereocenters. The van der Waals surface area contributed by atoms with E-state index in [4.69, 9.17) is 4.74 Å². The number of aromatic nitrogens is 3. The molecule has 0 bridgehead atoms. The van der Waals surface area contributed by atoms with Gasteiger partial charge in [0.15, 0.2) is 0 Å². The Morgan fingerprint density at radius 2 is 1.75 bits per heavy atom. The van der Waals surface area contributed by atoms with Crippen LogP contribution in [-0.4, -0.2) is 27.3 Å². The lowest BCUT2D eigenvalue weighted by atomic mass is 9.91. The maximum absolute atomic E-state index is 14.9. The lowest BCUT2D eigenvalue weighted by Crippen LogP contribution is -2.32. The largest absolute Gasteiger partial charge is 0.474 e. The molecule has 1 aromatic heterocycles. The van der Waals surface area contributed by atoms with Crippen molar-refractivity contribution in [3.63, 3.8) is 0 Å². The number of hydrogen-bond donors (Lipinski definition) is 0. The van der Waals surface area contributed by atoms with Crippen molar-refractivity contribution >= 4 is 5.90 Å². The van der Waals surface area contributed by atoms with Crippen molar-refractivity contribution in [2.24, 2.45) is 4.99 Å². The molecule has 5 rings (SSSR count). The number of ether oxygens (including phenoxy) is 1. The highest BCUT2D eigenvalue weighted by Gasteiger charge is 2.42. The van der Waals surface area contributed by atoms with Crippen LogP contribution in [0.2, 0.25) is 0 Å². The summed E-state index contributed by atoms with van der Waals surface area (Å²) in [7, 11) is 0. The molecule has 0 spiro atoms. The van der Waals surface area contributed by atoms with Crippen LogP contribution in [0.4, 0.5) is 13.2 Å². The van der Waals surface area contributed by atoms with Crippen molar-refractivity contribution in [3.8, 4) is 11.1 Å². The molecule has 0 radical (unpaired) electrons. The molecule has 1 unspecified atom stereocenters. The quantitative estimate of drug-likeness (QED) is 0.456.